The number of benzene rings is 2. The molecule has 1 fully saturated rings. The summed E-state index contributed by atoms with van der Waals surface area (Å²) in [6.45, 7) is 1.91. The number of rotatable bonds is 5. The number of nitrogens with two attached hydrogens (primary N) is 1. The van der Waals surface area contributed by atoms with Crippen molar-refractivity contribution in [2.45, 2.75) is 25.8 Å². The van der Waals surface area contributed by atoms with Crippen molar-refractivity contribution in [1.29, 1.82) is 0 Å². The Morgan fingerprint density at radius 3 is 2.46 bits per heavy atom. The summed E-state index contributed by atoms with van der Waals surface area (Å²) in [6.07, 6.45) is 2.08. The van der Waals surface area contributed by atoms with Crippen LogP contribution >= 0.6 is 11.3 Å². The van der Waals surface area contributed by atoms with Crippen LogP contribution in [0.3, 0.4) is 0 Å². The largest absolute Gasteiger partial charge is 0.399 e. The van der Waals surface area contributed by atoms with E-state index in [0.717, 1.165) is 28.8 Å². The van der Waals surface area contributed by atoms with Crippen molar-refractivity contribution in [3.05, 3.63) is 70.6 Å². The Hall–Kier alpha value is -3.12. The third-order valence-electron chi connectivity index (χ3n) is 4.69. The molecule has 4 rings (SSSR count). The van der Waals surface area contributed by atoms with Gasteiger partial charge in [-0.2, -0.15) is 0 Å². The number of aryl methyl sites for hydroxylation is 1. The second kappa shape index (κ2) is 7.48. The van der Waals surface area contributed by atoms with Crippen molar-refractivity contribution in [1.82, 2.24) is 5.32 Å². The maximum absolute atomic E-state index is 12.7. The molecule has 2 aromatic carbocycles. The standard InChI is InChI=1S/C22H21N3O2S/c1-13-2-3-15(21(26)24-17-8-9-17)12-18(13)25-22(27)20-11-10-19(28-20)14-4-6-16(23)7-5-14/h2-7,10-12,17H,8-9,23H2,1H3,(H,24,26)(H,25,27). The Morgan fingerprint density at radius 1 is 1.00 bits per heavy atom. The van der Waals surface area contributed by atoms with E-state index >= 15 is 0 Å². The van der Waals surface area contributed by atoms with Crippen LogP contribution in [0.1, 0.15) is 38.4 Å². The lowest BCUT2D eigenvalue weighted by Gasteiger charge is -2.10. The molecule has 5 nitrogen and oxygen atoms in total. The Kier molecular flexibility index (Phi) is 4.88. The lowest BCUT2D eigenvalue weighted by molar-refractivity contribution is 0.0949. The Labute approximate surface area is 167 Å². The Balaban J connectivity index is 1.50. The molecule has 0 unspecified atom stereocenters. The first kappa shape index (κ1) is 18.3. The van der Waals surface area contributed by atoms with Crippen LogP contribution in [0.4, 0.5) is 11.4 Å². The van der Waals surface area contributed by atoms with Gasteiger partial charge in [0, 0.05) is 27.9 Å². The molecule has 1 aliphatic rings. The molecule has 0 radical (unpaired) electrons. The van der Waals surface area contributed by atoms with E-state index in [1.54, 1.807) is 12.1 Å². The number of nitrogen functional groups attached to an aromatic ring is 1. The molecular weight excluding hydrogens is 370 g/mol. The molecule has 1 heterocycles. The fraction of sp³-hybridized carbons (Fsp3) is 0.182. The van der Waals surface area contributed by atoms with E-state index in [1.165, 1.54) is 11.3 Å². The van der Waals surface area contributed by atoms with Gasteiger partial charge in [0.15, 0.2) is 0 Å². The van der Waals surface area contributed by atoms with Crippen LogP contribution in [0, 0.1) is 6.92 Å². The molecule has 0 spiro atoms. The summed E-state index contributed by atoms with van der Waals surface area (Å²) < 4.78 is 0. The van der Waals surface area contributed by atoms with Crippen molar-refractivity contribution in [2.75, 3.05) is 11.1 Å². The number of thiophene rings is 1. The average Bonchev–Trinajstić information content (AvgIpc) is 3.35. The van der Waals surface area contributed by atoms with Crippen molar-refractivity contribution in [3.63, 3.8) is 0 Å². The summed E-state index contributed by atoms with van der Waals surface area (Å²) in [4.78, 5) is 26.6. The predicted octanol–water partition coefficient (Wildman–Crippen LogP) is 4.45. The number of amides is 2. The first-order chi connectivity index (χ1) is 13.5. The molecule has 0 saturated heterocycles. The van der Waals surface area contributed by atoms with Gasteiger partial charge in [0.1, 0.15) is 0 Å². The van der Waals surface area contributed by atoms with Crippen LogP contribution in [-0.4, -0.2) is 17.9 Å². The lowest BCUT2D eigenvalue weighted by Crippen LogP contribution is -2.25. The number of hydrogen-bond acceptors (Lipinski definition) is 4. The summed E-state index contributed by atoms with van der Waals surface area (Å²) >= 11 is 1.42. The second-order valence-corrected chi connectivity index (χ2v) is 8.10. The van der Waals surface area contributed by atoms with Crippen molar-refractivity contribution < 1.29 is 9.59 Å². The van der Waals surface area contributed by atoms with E-state index in [4.69, 9.17) is 5.73 Å². The quantitative estimate of drug-likeness (QED) is 0.562. The van der Waals surface area contributed by atoms with Gasteiger partial charge in [-0.15, -0.1) is 11.3 Å². The van der Waals surface area contributed by atoms with Crippen LogP contribution < -0.4 is 16.4 Å². The molecule has 4 N–H and O–H groups in total. The normalized spacial score (nSPS) is 13.2. The van der Waals surface area contributed by atoms with E-state index in [9.17, 15) is 9.59 Å². The number of hydrogen-bond donors (Lipinski definition) is 3. The summed E-state index contributed by atoms with van der Waals surface area (Å²) in [6, 6.07) is 17.0. The lowest BCUT2D eigenvalue weighted by atomic mass is 10.1. The maximum Gasteiger partial charge on any atom is 0.265 e. The highest BCUT2D eigenvalue weighted by Gasteiger charge is 2.24. The zero-order valence-corrected chi connectivity index (χ0v) is 16.3. The zero-order chi connectivity index (χ0) is 19.7. The SMILES string of the molecule is Cc1ccc(C(=O)NC2CC2)cc1NC(=O)c1ccc(-c2ccc(N)cc2)s1. The molecule has 28 heavy (non-hydrogen) atoms. The molecule has 142 valence electrons. The van der Waals surface area contributed by atoms with Gasteiger partial charge >= 0.3 is 0 Å². The second-order valence-electron chi connectivity index (χ2n) is 7.02. The predicted molar refractivity (Wildman–Crippen MR) is 114 cm³/mol. The topological polar surface area (TPSA) is 84.2 Å². The number of nitrogens with one attached hydrogen (secondary N) is 2. The molecule has 1 aliphatic carbocycles. The van der Waals surface area contributed by atoms with Crippen LogP contribution in [-0.2, 0) is 0 Å². The van der Waals surface area contributed by atoms with Gasteiger partial charge in [-0.25, -0.2) is 0 Å². The monoisotopic (exact) mass is 391 g/mol. The first-order valence-corrected chi connectivity index (χ1v) is 10.00. The van der Waals surface area contributed by atoms with Gasteiger partial charge in [-0.1, -0.05) is 18.2 Å². The van der Waals surface area contributed by atoms with E-state index in [2.05, 4.69) is 10.6 Å². The van der Waals surface area contributed by atoms with Gasteiger partial charge in [0.25, 0.3) is 11.8 Å². The molecule has 6 heteroatoms. The van der Waals surface area contributed by atoms with E-state index in [1.807, 2.05) is 49.4 Å². The fourth-order valence-corrected chi connectivity index (χ4v) is 3.75. The summed E-state index contributed by atoms with van der Waals surface area (Å²) in [5.74, 6) is -0.283. The van der Waals surface area contributed by atoms with Crippen molar-refractivity contribution >= 4 is 34.5 Å². The van der Waals surface area contributed by atoms with E-state index in [-0.39, 0.29) is 11.8 Å². The zero-order valence-electron chi connectivity index (χ0n) is 15.5. The van der Waals surface area contributed by atoms with Gasteiger partial charge in [0.2, 0.25) is 0 Å². The summed E-state index contributed by atoms with van der Waals surface area (Å²) in [5.41, 5.74) is 9.58. The highest BCUT2D eigenvalue weighted by molar-refractivity contribution is 7.17. The maximum atomic E-state index is 12.7. The van der Waals surface area contributed by atoms with Gasteiger partial charge in [0.05, 0.1) is 4.88 Å². The molecule has 1 aromatic heterocycles. The highest BCUT2D eigenvalue weighted by atomic mass is 32.1. The van der Waals surface area contributed by atoms with Crippen LogP contribution in [0.25, 0.3) is 10.4 Å². The Morgan fingerprint density at radius 2 is 1.75 bits per heavy atom. The van der Waals surface area contributed by atoms with Crippen LogP contribution in [0.5, 0.6) is 0 Å². The minimum Gasteiger partial charge on any atom is -0.399 e. The number of carbonyl (C=O) groups excluding carboxylic acids is 2. The third kappa shape index (κ3) is 4.07. The minimum absolute atomic E-state index is 0.0974. The minimum atomic E-state index is -0.186. The van der Waals surface area contributed by atoms with E-state index < -0.39 is 0 Å². The van der Waals surface area contributed by atoms with E-state index in [0.29, 0.717) is 27.9 Å². The fourth-order valence-electron chi connectivity index (χ4n) is 2.84. The third-order valence-corrected chi connectivity index (χ3v) is 5.82. The van der Waals surface area contributed by atoms with Gasteiger partial charge in [-0.3, -0.25) is 9.59 Å². The van der Waals surface area contributed by atoms with Gasteiger partial charge < -0.3 is 16.4 Å². The molecule has 3 aromatic rings. The molecule has 0 atom stereocenters. The molecule has 2 amide bonds. The summed E-state index contributed by atoms with van der Waals surface area (Å²) in [5, 5.41) is 5.90. The molecule has 1 saturated carbocycles. The molecule has 0 aliphatic heterocycles. The highest BCUT2D eigenvalue weighted by Crippen LogP contribution is 2.29. The number of carbonyl (C=O) groups is 2. The molecule has 0 bridgehead atoms. The average molecular weight is 391 g/mol. The first-order valence-electron chi connectivity index (χ1n) is 9.18. The Bertz CT molecular complexity index is 1040. The van der Waals surface area contributed by atoms with Gasteiger partial charge in [-0.05, 0) is 67.3 Å². The van der Waals surface area contributed by atoms with Crippen LogP contribution in [0.15, 0.2) is 54.6 Å². The van der Waals surface area contributed by atoms with Crippen LogP contribution in [0.2, 0.25) is 0 Å². The smallest absolute Gasteiger partial charge is 0.265 e. The molecular formula is C22H21N3O2S. The summed E-state index contributed by atoms with van der Waals surface area (Å²) in [7, 11) is 0. The van der Waals surface area contributed by atoms with Crippen molar-refractivity contribution in [3.8, 4) is 10.4 Å². The number of anilines is 2. The van der Waals surface area contributed by atoms with Crippen molar-refractivity contribution in [2.24, 2.45) is 0 Å².